The van der Waals surface area contributed by atoms with Gasteiger partial charge in [0.15, 0.2) is 0 Å². The average Bonchev–Trinajstić information content (AvgIpc) is 2.69. The molecule has 0 fully saturated rings. The predicted octanol–water partition coefficient (Wildman–Crippen LogP) is 4.16. The number of nitrogens with one attached hydrogen (secondary N) is 2. The van der Waals surface area contributed by atoms with Gasteiger partial charge in [-0.25, -0.2) is 16.8 Å². The molecule has 152 valence electrons. The summed E-state index contributed by atoms with van der Waals surface area (Å²) in [5.41, 5.74) is 2.68. The van der Waals surface area contributed by atoms with Crippen LogP contribution in [-0.4, -0.2) is 16.8 Å². The minimum absolute atomic E-state index is 0.156. The maximum Gasteiger partial charge on any atom is 0.261 e. The second-order valence-electron chi connectivity index (χ2n) is 6.60. The van der Waals surface area contributed by atoms with Crippen LogP contribution in [0, 0.1) is 6.92 Å². The van der Waals surface area contributed by atoms with E-state index in [2.05, 4.69) is 9.44 Å². The molecule has 0 spiro atoms. The molecule has 2 N–H and O–H groups in total. The van der Waals surface area contributed by atoms with E-state index in [0.29, 0.717) is 11.4 Å². The molecule has 0 saturated heterocycles. The molecule has 3 rings (SSSR count). The first-order valence-electron chi connectivity index (χ1n) is 9.01. The fraction of sp³-hybridized carbons (Fsp3) is 0.143. The summed E-state index contributed by atoms with van der Waals surface area (Å²) in [7, 11) is -7.44. The van der Waals surface area contributed by atoms with Crippen LogP contribution in [0.2, 0.25) is 0 Å². The van der Waals surface area contributed by atoms with Crippen molar-refractivity contribution in [2.24, 2.45) is 0 Å². The average molecular weight is 431 g/mol. The lowest BCUT2D eigenvalue weighted by atomic mass is 10.2. The molecule has 0 radical (unpaired) electrons. The van der Waals surface area contributed by atoms with Crippen LogP contribution in [-0.2, 0) is 26.5 Å². The zero-order valence-corrected chi connectivity index (χ0v) is 17.7. The summed E-state index contributed by atoms with van der Waals surface area (Å²) in [5, 5.41) is 0. The van der Waals surface area contributed by atoms with E-state index in [-0.39, 0.29) is 9.79 Å². The van der Waals surface area contributed by atoms with E-state index in [9.17, 15) is 16.8 Å². The highest BCUT2D eigenvalue weighted by atomic mass is 32.2. The predicted molar refractivity (Wildman–Crippen MR) is 115 cm³/mol. The number of sulfonamides is 2. The first-order valence-corrected chi connectivity index (χ1v) is 12.0. The fourth-order valence-electron chi connectivity index (χ4n) is 2.66. The Hall–Kier alpha value is -2.84. The molecule has 0 amide bonds. The highest BCUT2D eigenvalue weighted by Gasteiger charge is 2.16. The first kappa shape index (κ1) is 20.9. The summed E-state index contributed by atoms with van der Waals surface area (Å²) < 4.78 is 54.9. The van der Waals surface area contributed by atoms with Gasteiger partial charge in [-0.3, -0.25) is 9.44 Å². The Morgan fingerprint density at radius 1 is 0.621 bits per heavy atom. The molecule has 0 unspecified atom stereocenters. The SMILES string of the molecule is CCc1ccc(S(=O)(=O)Nc2ccc(NS(=O)(=O)c3ccc(C)cc3)cc2)cc1. The van der Waals surface area contributed by atoms with Crippen LogP contribution in [0.1, 0.15) is 18.1 Å². The molecule has 0 aliphatic carbocycles. The Balaban J connectivity index is 1.73. The Labute approximate surface area is 171 Å². The van der Waals surface area contributed by atoms with E-state index < -0.39 is 20.0 Å². The van der Waals surface area contributed by atoms with Gasteiger partial charge in [-0.2, -0.15) is 0 Å². The summed E-state index contributed by atoms with van der Waals surface area (Å²) in [4.78, 5) is 0.322. The Morgan fingerprint density at radius 2 is 1.00 bits per heavy atom. The van der Waals surface area contributed by atoms with Gasteiger partial charge < -0.3 is 0 Å². The van der Waals surface area contributed by atoms with Crippen LogP contribution in [0.25, 0.3) is 0 Å². The van der Waals surface area contributed by atoms with Crippen LogP contribution < -0.4 is 9.44 Å². The molecule has 0 aliphatic rings. The van der Waals surface area contributed by atoms with Crippen molar-refractivity contribution in [1.82, 2.24) is 0 Å². The smallest absolute Gasteiger partial charge is 0.261 e. The molecule has 0 saturated carbocycles. The first-order chi connectivity index (χ1) is 13.7. The van der Waals surface area contributed by atoms with Crippen LogP contribution in [0.4, 0.5) is 11.4 Å². The Bertz CT molecular complexity index is 1190. The maximum absolute atomic E-state index is 12.5. The van der Waals surface area contributed by atoms with Gasteiger partial charge in [0.25, 0.3) is 20.0 Å². The van der Waals surface area contributed by atoms with Gasteiger partial charge in [-0.1, -0.05) is 36.8 Å². The zero-order valence-electron chi connectivity index (χ0n) is 16.1. The highest BCUT2D eigenvalue weighted by molar-refractivity contribution is 7.93. The minimum atomic E-state index is -3.72. The van der Waals surface area contributed by atoms with E-state index in [4.69, 9.17) is 0 Å². The van der Waals surface area contributed by atoms with Crippen molar-refractivity contribution in [1.29, 1.82) is 0 Å². The lowest BCUT2D eigenvalue weighted by Crippen LogP contribution is -2.14. The summed E-state index contributed by atoms with van der Waals surface area (Å²) in [6.45, 7) is 3.87. The van der Waals surface area contributed by atoms with Gasteiger partial charge in [0.2, 0.25) is 0 Å². The third-order valence-electron chi connectivity index (χ3n) is 4.36. The number of benzene rings is 3. The molecule has 0 aromatic heterocycles. The van der Waals surface area contributed by atoms with E-state index >= 15 is 0 Å². The van der Waals surface area contributed by atoms with Gasteiger partial charge in [0.1, 0.15) is 0 Å². The second-order valence-corrected chi connectivity index (χ2v) is 9.96. The molecule has 29 heavy (non-hydrogen) atoms. The number of rotatable bonds is 7. The van der Waals surface area contributed by atoms with Gasteiger partial charge >= 0.3 is 0 Å². The van der Waals surface area contributed by atoms with E-state index in [1.807, 2.05) is 13.8 Å². The highest BCUT2D eigenvalue weighted by Crippen LogP contribution is 2.21. The summed E-state index contributed by atoms with van der Waals surface area (Å²) >= 11 is 0. The third kappa shape index (κ3) is 5.16. The van der Waals surface area contributed by atoms with Crippen LogP contribution in [0.5, 0.6) is 0 Å². The van der Waals surface area contributed by atoms with Crippen molar-refractivity contribution < 1.29 is 16.8 Å². The summed E-state index contributed by atoms with van der Waals surface area (Å²) in [6.07, 6.45) is 0.827. The Kier molecular flexibility index (Phi) is 5.95. The van der Waals surface area contributed by atoms with Gasteiger partial charge in [0.05, 0.1) is 9.79 Å². The monoisotopic (exact) mass is 430 g/mol. The third-order valence-corrected chi connectivity index (χ3v) is 7.16. The quantitative estimate of drug-likeness (QED) is 0.589. The van der Waals surface area contributed by atoms with Gasteiger partial charge in [0, 0.05) is 11.4 Å². The van der Waals surface area contributed by atoms with Crippen LogP contribution in [0.3, 0.4) is 0 Å². The molecule has 0 aliphatic heterocycles. The number of hydrogen-bond acceptors (Lipinski definition) is 4. The van der Waals surface area contributed by atoms with Gasteiger partial charge in [-0.05, 0) is 67.4 Å². The minimum Gasteiger partial charge on any atom is -0.280 e. The van der Waals surface area contributed by atoms with Crippen molar-refractivity contribution >= 4 is 31.4 Å². The zero-order chi connectivity index (χ0) is 21.1. The summed E-state index contributed by atoms with van der Waals surface area (Å²) in [5.74, 6) is 0. The lowest BCUT2D eigenvalue weighted by molar-refractivity contribution is 0.599. The number of hydrogen-bond donors (Lipinski definition) is 2. The lowest BCUT2D eigenvalue weighted by Gasteiger charge is -2.11. The molecular formula is C21H22N2O4S2. The normalized spacial score (nSPS) is 11.8. The van der Waals surface area contributed by atoms with E-state index in [1.165, 1.54) is 36.4 Å². The summed E-state index contributed by atoms with van der Waals surface area (Å²) in [6, 6.07) is 19.2. The molecule has 0 atom stereocenters. The van der Waals surface area contributed by atoms with E-state index in [0.717, 1.165) is 17.5 Å². The second kappa shape index (κ2) is 8.26. The standard InChI is InChI=1S/C21H22N2O4S2/c1-3-17-6-14-21(15-7-17)29(26,27)23-19-10-8-18(9-11-19)22-28(24,25)20-12-4-16(2)5-13-20/h4-15,22-23H,3H2,1-2H3. The van der Waals surface area contributed by atoms with Crippen molar-refractivity contribution in [2.75, 3.05) is 9.44 Å². The van der Waals surface area contributed by atoms with Crippen LogP contribution in [0.15, 0.2) is 82.6 Å². The number of aryl methyl sites for hydroxylation is 2. The van der Waals surface area contributed by atoms with E-state index in [1.54, 1.807) is 36.4 Å². The molecule has 3 aromatic carbocycles. The fourth-order valence-corrected chi connectivity index (χ4v) is 4.77. The largest absolute Gasteiger partial charge is 0.280 e. The van der Waals surface area contributed by atoms with Gasteiger partial charge in [-0.15, -0.1) is 0 Å². The molecule has 0 bridgehead atoms. The maximum atomic E-state index is 12.5. The van der Waals surface area contributed by atoms with Crippen molar-refractivity contribution in [3.63, 3.8) is 0 Å². The molecular weight excluding hydrogens is 408 g/mol. The number of anilines is 2. The van der Waals surface area contributed by atoms with Crippen LogP contribution >= 0.6 is 0 Å². The van der Waals surface area contributed by atoms with Crippen molar-refractivity contribution in [3.8, 4) is 0 Å². The molecule has 0 heterocycles. The van der Waals surface area contributed by atoms with Crippen molar-refractivity contribution in [2.45, 2.75) is 30.1 Å². The van der Waals surface area contributed by atoms with Crippen molar-refractivity contribution in [3.05, 3.63) is 83.9 Å². The Morgan fingerprint density at radius 3 is 1.38 bits per heavy atom. The topological polar surface area (TPSA) is 92.3 Å². The molecule has 3 aromatic rings. The molecule has 8 heteroatoms. The molecule has 6 nitrogen and oxygen atoms in total.